The van der Waals surface area contributed by atoms with Gasteiger partial charge in [0.15, 0.2) is 0 Å². The summed E-state index contributed by atoms with van der Waals surface area (Å²) in [7, 11) is 1.52. The molecule has 0 aliphatic carbocycles. The van der Waals surface area contributed by atoms with E-state index in [1.165, 1.54) is 19.2 Å². The highest BCUT2D eigenvalue weighted by atomic mass is 19.1. The maximum atomic E-state index is 13.1. The van der Waals surface area contributed by atoms with Crippen LogP contribution >= 0.6 is 0 Å². The van der Waals surface area contributed by atoms with Crippen LogP contribution in [-0.2, 0) is 9.53 Å². The summed E-state index contributed by atoms with van der Waals surface area (Å²) in [6.45, 7) is 1.52. The Bertz CT molecular complexity index is 439. The van der Waals surface area contributed by atoms with E-state index in [0.29, 0.717) is 6.54 Å². The maximum Gasteiger partial charge on any atom is 0.248 e. The fourth-order valence-electron chi connectivity index (χ4n) is 2.35. The number of rotatable bonds is 4. The molecule has 5 heteroatoms. The Morgan fingerprint density at radius 2 is 2.42 bits per heavy atom. The number of methoxy groups -OCH3 is 1. The van der Waals surface area contributed by atoms with Crippen LogP contribution in [0.4, 0.5) is 10.1 Å². The molecule has 4 nitrogen and oxygen atoms in total. The quantitative estimate of drug-likeness (QED) is 0.904. The van der Waals surface area contributed by atoms with Gasteiger partial charge in [-0.15, -0.1) is 0 Å². The fourth-order valence-corrected chi connectivity index (χ4v) is 2.35. The fraction of sp³-hybridized carbons (Fsp3) is 0.500. The third kappa shape index (κ3) is 3.92. The molecule has 1 heterocycles. The summed E-state index contributed by atoms with van der Waals surface area (Å²) in [4.78, 5) is 13.6. The van der Waals surface area contributed by atoms with Crippen molar-refractivity contribution in [2.45, 2.75) is 18.9 Å². The molecule has 0 spiro atoms. The van der Waals surface area contributed by atoms with Crippen LogP contribution in [0, 0.1) is 5.82 Å². The molecule has 1 aromatic carbocycles. The van der Waals surface area contributed by atoms with Gasteiger partial charge in [0, 0.05) is 31.9 Å². The molecule has 1 N–H and O–H groups in total. The summed E-state index contributed by atoms with van der Waals surface area (Å²) in [5.41, 5.74) is 0.756. The third-order valence-electron chi connectivity index (χ3n) is 3.24. The van der Waals surface area contributed by atoms with Crippen molar-refractivity contribution >= 4 is 11.6 Å². The van der Waals surface area contributed by atoms with Crippen molar-refractivity contribution in [1.82, 2.24) is 4.90 Å². The second-order valence-electron chi connectivity index (χ2n) is 4.77. The third-order valence-corrected chi connectivity index (χ3v) is 3.24. The molecule has 0 aromatic heterocycles. The summed E-state index contributed by atoms with van der Waals surface area (Å²) < 4.78 is 18.0. The van der Waals surface area contributed by atoms with Crippen LogP contribution in [0.5, 0.6) is 0 Å². The van der Waals surface area contributed by atoms with E-state index in [1.54, 1.807) is 11.0 Å². The molecule has 2 rings (SSSR count). The molecule has 1 aromatic rings. The van der Waals surface area contributed by atoms with Gasteiger partial charge in [0.05, 0.1) is 0 Å². The number of hydrogen-bond acceptors (Lipinski definition) is 3. The van der Waals surface area contributed by atoms with Crippen LogP contribution in [-0.4, -0.2) is 43.7 Å². The number of nitrogens with zero attached hydrogens (tertiary/aromatic N) is 1. The molecule has 1 fully saturated rings. The van der Waals surface area contributed by atoms with Crippen molar-refractivity contribution in [2.75, 3.05) is 32.1 Å². The first-order chi connectivity index (χ1) is 9.19. The number of carbonyl (C=O) groups is 1. The van der Waals surface area contributed by atoms with Crippen LogP contribution in [0.1, 0.15) is 12.8 Å². The Morgan fingerprint density at radius 3 is 3.16 bits per heavy atom. The first kappa shape index (κ1) is 13.8. The van der Waals surface area contributed by atoms with Gasteiger partial charge in [0.2, 0.25) is 5.91 Å². The Morgan fingerprint density at radius 1 is 1.58 bits per heavy atom. The van der Waals surface area contributed by atoms with E-state index < -0.39 is 0 Å². The van der Waals surface area contributed by atoms with Crippen LogP contribution in [0.2, 0.25) is 0 Å². The highest BCUT2D eigenvalue weighted by Crippen LogP contribution is 2.17. The molecule has 1 aliphatic rings. The van der Waals surface area contributed by atoms with Crippen LogP contribution < -0.4 is 5.32 Å². The average Bonchev–Trinajstić information content (AvgIpc) is 2.39. The largest absolute Gasteiger partial charge is 0.380 e. The monoisotopic (exact) mass is 266 g/mol. The second kappa shape index (κ2) is 6.52. The van der Waals surface area contributed by atoms with Gasteiger partial charge in [-0.25, -0.2) is 4.39 Å². The van der Waals surface area contributed by atoms with Gasteiger partial charge in [0.1, 0.15) is 12.4 Å². The predicted molar refractivity (Wildman–Crippen MR) is 71.5 cm³/mol. The van der Waals surface area contributed by atoms with Crippen molar-refractivity contribution < 1.29 is 13.9 Å². The lowest BCUT2D eigenvalue weighted by atomic mass is 10.1. The van der Waals surface area contributed by atoms with Crippen LogP contribution in [0.3, 0.4) is 0 Å². The minimum atomic E-state index is -0.256. The Hall–Kier alpha value is -1.62. The Labute approximate surface area is 112 Å². The number of likely N-dealkylation sites (tertiary alicyclic amines) is 1. The molecule has 0 radical (unpaired) electrons. The lowest BCUT2D eigenvalue weighted by molar-refractivity contribution is -0.136. The first-order valence-corrected chi connectivity index (χ1v) is 6.48. The summed E-state index contributed by atoms with van der Waals surface area (Å²) >= 11 is 0. The molecule has 1 aliphatic heterocycles. The van der Waals surface area contributed by atoms with Crippen molar-refractivity contribution in [3.63, 3.8) is 0 Å². The Kier molecular flexibility index (Phi) is 4.74. The summed E-state index contributed by atoms with van der Waals surface area (Å²) in [6, 6.07) is 6.56. The molecular weight excluding hydrogens is 247 g/mol. The zero-order chi connectivity index (χ0) is 13.7. The lowest BCUT2D eigenvalue weighted by Crippen LogP contribution is -2.46. The van der Waals surface area contributed by atoms with Crippen molar-refractivity contribution in [1.29, 1.82) is 0 Å². The average molecular weight is 266 g/mol. The number of anilines is 1. The maximum absolute atomic E-state index is 13.1. The number of nitrogens with one attached hydrogen (secondary N) is 1. The van der Waals surface area contributed by atoms with E-state index in [4.69, 9.17) is 4.74 Å². The number of ether oxygens (including phenoxy) is 1. The van der Waals surface area contributed by atoms with Gasteiger partial charge < -0.3 is 15.0 Å². The van der Waals surface area contributed by atoms with E-state index in [0.717, 1.165) is 25.1 Å². The van der Waals surface area contributed by atoms with E-state index in [2.05, 4.69) is 5.32 Å². The van der Waals surface area contributed by atoms with Crippen molar-refractivity contribution in [3.8, 4) is 0 Å². The molecule has 1 amide bonds. The number of benzene rings is 1. The van der Waals surface area contributed by atoms with Gasteiger partial charge in [-0.2, -0.15) is 0 Å². The van der Waals surface area contributed by atoms with E-state index in [1.807, 2.05) is 6.07 Å². The van der Waals surface area contributed by atoms with Gasteiger partial charge in [-0.3, -0.25) is 4.79 Å². The first-order valence-electron chi connectivity index (χ1n) is 6.48. The predicted octanol–water partition coefficient (Wildman–Crippen LogP) is 1.88. The molecule has 0 bridgehead atoms. The number of piperidine rings is 1. The van der Waals surface area contributed by atoms with Gasteiger partial charge in [-0.1, -0.05) is 6.07 Å². The zero-order valence-corrected chi connectivity index (χ0v) is 11.1. The SMILES string of the molecule is COCC(=O)N1CCCC(Nc2cccc(F)c2)C1. The topological polar surface area (TPSA) is 41.6 Å². The molecular formula is C14H19FN2O2. The van der Waals surface area contributed by atoms with Crippen LogP contribution in [0.25, 0.3) is 0 Å². The normalized spacial score (nSPS) is 19.3. The van der Waals surface area contributed by atoms with E-state index in [9.17, 15) is 9.18 Å². The molecule has 0 saturated carbocycles. The number of hydrogen-bond donors (Lipinski definition) is 1. The molecule has 1 atom stereocenters. The summed E-state index contributed by atoms with van der Waals surface area (Å²) in [5.74, 6) is -0.249. The van der Waals surface area contributed by atoms with Gasteiger partial charge >= 0.3 is 0 Å². The molecule has 1 saturated heterocycles. The minimum Gasteiger partial charge on any atom is -0.380 e. The summed E-state index contributed by atoms with van der Waals surface area (Å²) in [5, 5.41) is 3.27. The van der Waals surface area contributed by atoms with E-state index >= 15 is 0 Å². The highest BCUT2D eigenvalue weighted by Gasteiger charge is 2.23. The minimum absolute atomic E-state index is 0.00763. The summed E-state index contributed by atoms with van der Waals surface area (Å²) in [6.07, 6.45) is 1.93. The van der Waals surface area contributed by atoms with Gasteiger partial charge in [0.25, 0.3) is 0 Å². The highest BCUT2D eigenvalue weighted by molar-refractivity contribution is 5.77. The molecule has 104 valence electrons. The lowest BCUT2D eigenvalue weighted by Gasteiger charge is -2.33. The number of amides is 1. The van der Waals surface area contributed by atoms with Gasteiger partial charge in [-0.05, 0) is 31.0 Å². The molecule has 19 heavy (non-hydrogen) atoms. The van der Waals surface area contributed by atoms with Crippen molar-refractivity contribution in [3.05, 3.63) is 30.1 Å². The number of halogens is 1. The Balaban J connectivity index is 1.92. The van der Waals surface area contributed by atoms with Crippen molar-refractivity contribution in [2.24, 2.45) is 0 Å². The number of carbonyl (C=O) groups excluding carboxylic acids is 1. The zero-order valence-electron chi connectivity index (χ0n) is 11.1. The second-order valence-corrected chi connectivity index (χ2v) is 4.77. The van der Waals surface area contributed by atoms with E-state index in [-0.39, 0.29) is 24.4 Å². The smallest absolute Gasteiger partial charge is 0.248 e. The standard InChI is InChI=1S/C14H19FN2O2/c1-19-10-14(18)17-7-3-6-13(9-17)16-12-5-2-4-11(15)8-12/h2,4-5,8,13,16H,3,6-7,9-10H2,1H3. The molecule has 1 unspecified atom stereocenters. The van der Waals surface area contributed by atoms with Crippen LogP contribution in [0.15, 0.2) is 24.3 Å².